The number of sulfone groups is 1. The summed E-state index contributed by atoms with van der Waals surface area (Å²) in [6.07, 6.45) is 3.07. The van der Waals surface area contributed by atoms with Crippen LogP contribution in [-0.4, -0.2) is 52.3 Å². The minimum Gasteiger partial charge on any atom is -0.343 e. The predicted molar refractivity (Wildman–Crippen MR) is 103 cm³/mol. The van der Waals surface area contributed by atoms with Crippen LogP contribution in [0.3, 0.4) is 0 Å². The maximum atomic E-state index is 12.7. The maximum Gasteiger partial charge on any atom is 0.249 e. The third kappa shape index (κ3) is 4.44. The van der Waals surface area contributed by atoms with Crippen molar-refractivity contribution < 1.29 is 13.2 Å². The number of hydrogen-bond donors (Lipinski definition) is 0. The van der Waals surface area contributed by atoms with Crippen molar-refractivity contribution in [2.24, 2.45) is 7.05 Å². The topological polar surface area (TPSA) is 85.2 Å². The monoisotopic (exact) mass is 430 g/mol. The summed E-state index contributed by atoms with van der Waals surface area (Å²) in [6, 6.07) is 5.32. The molecular weight excluding hydrogens is 411 g/mol. The average Bonchev–Trinajstić information content (AvgIpc) is 3.09. The molecule has 1 aliphatic rings. The maximum absolute atomic E-state index is 12.7. The molecule has 1 aliphatic heterocycles. The third-order valence-corrected chi connectivity index (χ3v) is 7.74. The molecule has 7 nitrogen and oxygen atoms in total. The van der Waals surface area contributed by atoms with Gasteiger partial charge in [0.05, 0.1) is 15.3 Å². The normalized spacial score (nSPS) is 15.9. The molecule has 0 aliphatic carbocycles. The standard InChI is InChI=1S/C17H20Cl2N4O3S/c1-22-11-20-21-17(22)27(25,26)13-6-8-23(9-7-13)16(24)5-3-12-2-4-14(18)15(19)10-12/h2,4,10-11,13H,3,5-9H2,1H3. The highest BCUT2D eigenvalue weighted by Gasteiger charge is 2.35. The smallest absolute Gasteiger partial charge is 0.249 e. The van der Waals surface area contributed by atoms with E-state index in [1.54, 1.807) is 24.1 Å². The number of rotatable bonds is 5. The van der Waals surface area contributed by atoms with E-state index in [1.807, 2.05) is 6.07 Å². The van der Waals surface area contributed by atoms with Crippen LogP contribution in [0.25, 0.3) is 0 Å². The number of benzene rings is 1. The Kier molecular flexibility index (Phi) is 6.08. The molecule has 146 valence electrons. The molecule has 2 heterocycles. The Hall–Kier alpha value is -1.64. The number of likely N-dealkylation sites (tertiary alicyclic amines) is 1. The van der Waals surface area contributed by atoms with Crippen LogP contribution in [0.4, 0.5) is 0 Å². The van der Waals surface area contributed by atoms with Crippen LogP contribution < -0.4 is 0 Å². The lowest BCUT2D eigenvalue weighted by Crippen LogP contribution is -2.43. The van der Waals surface area contributed by atoms with Gasteiger partial charge in [-0.3, -0.25) is 4.79 Å². The molecule has 1 aromatic heterocycles. The van der Waals surface area contributed by atoms with Crippen molar-refractivity contribution in [2.75, 3.05) is 13.1 Å². The highest BCUT2D eigenvalue weighted by atomic mass is 35.5. The fourth-order valence-corrected chi connectivity index (χ4v) is 5.26. The fraction of sp³-hybridized carbons (Fsp3) is 0.471. The van der Waals surface area contributed by atoms with Crippen LogP contribution in [0.5, 0.6) is 0 Å². The van der Waals surface area contributed by atoms with Crippen LogP contribution in [-0.2, 0) is 28.1 Å². The Morgan fingerprint density at radius 1 is 1.22 bits per heavy atom. The molecule has 27 heavy (non-hydrogen) atoms. The van der Waals surface area contributed by atoms with E-state index >= 15 is 0 Å². The molecule has 0 spiro atoms. The predicted octanol–water partition coefficient (Wildman–Crippen LogP) is 2.52. The van der Waals surface area contributed by atoms with E-state index in [9.17, 15) is 13.2 Å². The summed E-state index contributed by atoms with van der Waals surface area (Å²) in [4.78, 5) is 14.2. The number of hydrogen-bond acceptors (Lipinski definition) is 5. The molecule has 0 unspecified atom stereocenters. The molecule has 0 bridgehead atoms. The van der Waals surface area contributed by atoms with E-state index < -0.39 is 15.1 Å². The molecule has 3 rings (SSSR count). The number of aryl methyl sites for hydroxylation is 2. The summed E-state index contributed by atoms with van der Waals surface area (Å²) >= 11 is 11.9. The second kappa shape index (κ2) is 8.16. The minimum absolute atomic E-state index is 0.00980. The largest absolute Gasteiger partial charge is 0.343 e. The van der Waals surface area contributed by atoms with Gasteiger partial charge in [0.25, 0.3) is 0 Å². The average molecular weight is 431 g/mol. The van der Waals surface area contributed by atoms with Gasteiger partial charge in [0, 0.05) is 26.6 Å². The van der Waals surface area contributed by atoms with Crippen LogP contribution >= 0.6 is 23.2 Å². The summed E-state index contributed by atoms with van der Waals surface area (Å²) in [5.74, 6) is 0.00980. The third-order valence-electron chi connectivity index (χ3n) is 4.77. The summed E-state index contributed by atoms with van der Waals surface area (Å²) in [5.41, 5.74) is 0.942. The molecule has 1 saturated heterocycles. The molecule has 0 atom stereocenters. The fourth-order valence-electron chi connectivity index (χ4n) is 3.20. The highest BCUT2D eigenvalue weighted by molar-refractivity contribution is 7.91. The van der Waals surface area contributed by atoms with E-state index in [2.05, 4.69) is 10.2 Å². The van der Waals surface area contributed by atoms with Gasteiger partial charge >= 0.3 is 0 Å². The molecular formula is C17H20Cl2N4O3S. The zero-order valence-electron chi connectivity index (χ0n) is 14.8. The minimum atomic E-state index is -3.54. The number of nitrogens with zero attached hydrogens (tertiary/aromatic N) is 4. The molecule has 10 heteroatoms. The number of piperidine rings is 1. The summed E-state index contributed by atoms with van der Waals surface area (Å²) in [6.45, 7) is 0.837. The summed E-state index contributed by atoms with van der Waals surface area (Å²) in [5, 5.41) is 7.75. The van der Waals surface area contributed by atoms with Gasteiger partial charge < -0.3 is 9.47 Å². The van der Waals surface area contributed by atoms with Gasteiger partial charge in [0.2, 0.25) is 20.9 Å². The van der Waals surface area contributed by atoms with Gasteiger partial charge in [-0.25, -0.2) is 8.42 Å². The molecule has 1 fully saturated rings. The molecule has 0 N–H and O–H groups in total. The van der Waals surface area contributed by atoms with Crippen molar-refractivity contribution in [1.82, 2.24) is 19.7 Å². The van der Waals surface area contributed by atoms with Gasteiger partial charge in [0.15, 0.2) is 0 Å². The van der Waals surface area contributed by atoms with Gasteiger partial charge in [-0.05, 0) is 37.0 Å². The van der Waals surface area contributed by atoms with E-state index in [0.717, 1.165) is 5.56 Å². The lowest BCUT2D eigenvalue weighted by atomic mass is 10.1. The first-order valence-electron chi connectivity index (χ1n) is 8.58. The van der Waals surface area contributed by atoms with Crippen molar-refractivity contribution in [3.63, 3.8) is 0 Å². The first kappa shape index (κ1) is 20.1. The lowest BCUT2D eigenvalue weighted by molar-refractivity contribution is -0.132. The summed E-state index contributed by atoms with van der Waals surface area (Å²) in [7, 11) is -1.93. The van der Waals surface area contributed by atoms with E-state index in [0.29, 0.717) is 48.8 Å². The Morgan fingerprint density at radius 3 is 2.52 bits per heavy atom. The molecule has 0 radical (unpaired) electrons. The van der Waals surface area contributed by atoms with Gasteiger partial charge in [-0.1, -0.05) is 29.3 Å². The first-order chi connectivity index (χ1) is 12.8. The van der Waals surface area contributed by atoms with Crippen molar-refractivity contribution in [1.29, 1.82) is 0 Å². The van der Waals surface area contributed by atoms with Crippen LogP contribution in [0.1, 0.15) is 24.8 Å². The van der Waals surface area contributed by atoms with Gasteiger partial charge in [-0.2, -0.15) is 0 Å². The Balaban J connectivity index is 1.55. The molecule has 0 saturated carbocycles. The molecule has 1 amide bonds. The van der Waals surface area contributed by atoms with Crippen molar-refractivity contribution in [3.05, 3.63) is 40.1 Å². The Morgan fingerprint density at radius 2 is 1.93 bits per heavy atom. The van der Waals surface area contributed by atoms with Crippen LogP contribution in [0.15, 0.2) is 29.7 Å². The number of amides is 1. The molecule has 2 aromatic rings. The second-order valence-electron chi connectivity index (χ2n) is 6.60. The van der Waals surface area contributed by atoms with Gasteiger partial charge in [-0.15, -0.1) is 10.2 Å². The number of carbonyl (C=O) groups excluding carboxylic acids is 1. The number of halogens is 2. The van der Waals surface area contributed by atoms with Crippen molar-refractivity contribution >= 4 is 38.9 Å². The lowest BCUT2D eigenvalue weighted by Gasteiger charge is -2.31. The Bertz CT molecular complexity index is 937. The highest BCUT2D eigenvalue weighted by Crippen LogP contribution is 2.25. The Labute approximate surface area is 168 Å². The molecule has 1 aromatic carbocycles. The number of carbonyl (C=O) groups is 1. The van der Waals surface area contributed by atoms with E-state index in [4.69, 9.17) is 23.2 Å². The zero-order chi connectivity index (χ0) is 19.6. The quantitative estimate of drug-likeness (QED) is 0.727. The van der Waals surface area contributed by atoms with Crippen molar-refractivity contribution in [2.45, 2.75) is 36.1 Å². The van der Waals surface area contributed by atoms with Gasteiger partial charge in [0.1, 0.15) is 6.33 Å². The second-order valence-corrected chi connectivity index (χ2v) is 9.53. The zero-order valence-corrected chi connectivity index (χ0v) is 17.1. The van der Waals surface area contributed by atoms with E-state index in [-0.39, 0.29) is 11.1 Å². The van der Waals surface area contributed by atoms with E-state index in [1.165, 1.54) is 10.9 Å². The summed E-state index contributed by atoms with van der Waals surface area (Å²) < 4.78 is 26.7. The SMILES string of the molecule is Cn1cnnc1S(=O)(=O)C1CCN(C(=O)CCc2ccc(Cl)c(Cl)c2)CC1. The van der Waals surface area contributed by atoms with Crippen molar-refractivity contribution in [3.8, 4) is 0 Å². The van der Waals surface area contributed by atoms with Crippen LogP contribution in [0.2, 0.25) is 10.0 Å². The first-order valence-corrected chi connectivity index (χ1v) is 10.9. The van der Waals surface area contributed by atoms with Crippen LogP contribution in [0, 0.1) is 0 Å². The number of aromatic nitrogens is 3.